The second-order valence-corrected chi connectivity index (χ2v) is 7.37. The summed E-state index contributed by atoms with van der Waals surface area (Å²) in [7, 11) is 2.92. The Labute approximate surface area is 183 Å². The zero-order chi connectivity index (χ0) is 22.7. The van der Waals surface area contributed by atoms with E-state index in [0.29, 0.717) is 13.2 Å². The van der Waals surface area contributed by atoms with E-state index in [1.807, 2.05) is 54.6 Å². The number of fused-ring (bicyclic) bond motifs is 1. The van der Waals surface area contributed by atoms with E-state index in [-0.39, 0.29) is 16.7 Å². The van der Waals surface area contributed by atoms with Crippen molar-refractivity contribution >= 4 is 16.9 Å². The molecule has 0 atom stereocenters. The molecule has 4 rings (SSSR count). The van der Waals surface area contributed by atoms with E-state index >= 15 is 0 Å². The van der Waals surface area contributed by atoms with Crippen LogP contribution in [0.4, 0.5) is 0 Å². The second-order valence-electron chi connectivity index (χ2n) is 7.37. The summed E-state index contributed by atoms with van der Waals surface area (Å²) < 4.78 is 8.03. The van der Waals surface area contributed by atoms with Crippen LogP contribution in [0.1, 0.15) is 21.6 Å². The molecule has 8 heteroatoms. The Morgan fingerprint density at radius 3 is 2.34 bits per heavy atom. The summed E-state index contributed by atoms with van der Waals surface area (Å²) in [6.45, 7) is 0.781. The molecule has 0 aliphatic heterocycles. The van der Waals surface area contributed by atoms with Crippen molar-refractivity contribution in [3.63, 3.8) is 0 Å². The SMILES string of the molecule is Cn1c(=O)c2ccc(C(=O)NCc3ccc(OCc4ccccc4)cc3)nc2n(C)c1=O. The zero-order valence-corrected chi connectivity index (χ0v) is 17.7. The largest absolute Gasteiger partial charge is 0.489 e. The minimum atomic E-state index is -0.498. The lowest BCUT2D eigenvalue weighted by Crippen LogP contribution is -2.37. The molecule has 0 saturated carbocycles. The number of hydrogen-bond donors (Lipinski definition) is 1. The molecule has 0 saturated heterocycles. The lowest BCUT2D eigenvalue weighted by atomic mass is 10.2. The Kier molecular flexibility index (Phi) is 5.85. The fourth-order valence-corrected chi connectivity index (χ4v) is 3.30. The predicted molar refractivity (Wildman–Crippen MR) is 121 cm³/mol. The number of ether oxygens (including phenoxy) is 1. The van der Waals surface area contributed by atoms with Crippen molar-refractivity contribution in [3.05, 3.63) is 104 Å². The Morgan fingerprint density at radius 1 is 0.906 bits per heavy atom. The summed E-state index contributed by atoms with van der Waals surface area (Å²) in [6.07, 6.45) is 0. The number of benzene rings is 2. The second kappa shape index (κ2) is 8.89. The highest BCUT2D eigenvalue weighted by molar-refractivity contribution is 5.94. The van der Waals surface area contributed by atoms with Crippen molar-refractivity contribution in [1.82, 2.24) is 19.4 Å². The minimum absolute atomic E-state index is 0.128. The molecule has 2 aromatic heterocycles. The van der Waals surface area contributed by atoms with Gasteiger partial charge in [-0.15, -0.1) is 0 Å². The van der Waals surface area contributed by atoms with Crippen LogP contribution in [0.5, 0.6) is 5.75 Å². The molecule has 1 amide bonds. The Bertz CT molecular complexity index is 1390. The van der Waals surface area contributed by atoms with Crippen LogP contribution in [0.3, 0.4) is 0 Å². The van der Waals surface area contributed by atoms with Crippen molar-refractivity contribution in [2.75, 3.05) is 0 Å². The van der Waals surface area contributed by atoms with Gasteiger partial charge in [0.2, 0.25) is 0 Å². The molecule has 0 unspecified atom stereocenters. The standard InChI is InChI=1S/C24H22N4O4/c1-27-21-19(23(30)28(2)24(27)31)12-13-20(26-21)22(29)25-14-16-8-10-18(11-9-16)32-15-17-6-4-3-5-7-17/h3-13H,14-15H2,1-2H3,(H,25,29). The quantitative estimate of drug-likeness (QED) is 0.506. The van der Waals surface area contributed by atoms with Crippen molar-refractivity contribution in [2.45, 2.75) is 13.2 Å². The van der Waals surface area contributed by atoms with Gasteiger partial charge in [-0.1, -0.05) is 42.5 Å². The van der Waals surface area contributed by atoms with Gasteiger partial charge in [0.15, 0.2) is 0 Å². The number of carbonyl (C=O) groups is 1. The van der Waals surface area contributed by atoms with Crippen LogP contribution in [0.2, 0.25) is 0 Å². The number of carbonyl (C=O) groups excluding carboxylic acids is 1. The molecule has 32 heavy (non-hydrogen) atoms. The Morgan fingerprint density at radius 2 is 1.62 bits per heavy atom. The maximum absolute atomic E-state index is 12.6. The first-order valence-corrected chi connectivity index (χ1v) is 10.0. The maximum atomic E-state index is 12.6. The molecule has 0 aliphatic rings. The number of aryl methyl sites for hydroxylation is 1. The van der Waals surface area contributed by atoms with E-state index in [2.05, 4.69) is 10.3 Å². The minimum Gasteiger partial charge on any atom is -0.489 e. The van der Waals surface area contributed by atoms with E-state index < -0.39 is 17.2 Å². The number of nitrogens with one attached hydrogen (secondary N) is 1. The monoisotopic (exact) mass is 430 g/mol. The molecule has 0 spiro atoms. The maximum Gasteiger partial charge on any atom is 0.332 e. The molecule has 2 aromatic carbocycles. The number of nitrogens with zero attached hydrogens (tertiary/aromatic N) is 3. The molecule has 162 valence electrons. The normalized spacial score (nSPS) is 10.8. The summed E-state index contributed by atoms with van der Waals surface area (Å²) in [4.78, 5) is 41.2. The van der Waals surface area contributed by atoms with Crippen LogP contribution in [0, 0.1) is 0 Å². The van der Waals surface area contributed by atoms with Gasteiger partial charge in [0, 0.05) is 20.6 Å². The van der Waals surface area contributed by atoms with Crippen LogP contribution in [0.15, 0.2) is 76.3 Å². The van der Waals surface area contributed by atoms with E-state index in [1.54, 1.807) is 0 Å². The average molecular weight is 430 g/mol. The highest BCUT2D eigenvalue weighted by atomic mass is 16.5. The van der Waals surface area contributed by atoms with Gasteiger partial charge in [-0.25, -0.2) is 9.78 Å². The van der Waals surface area contributed by atoms with Gasteiger partial charge >= 0.3 is 5.69 Å². The highest BCUT2D eigenvalue weighted by Crippen LogP contribution is 2.14. The molecule has 0 radical (unpaired) electrons. The molecule has 0 fully saturated rings. The van der Waals surface area contributed by atoms with E-state index in [9.17, 15) is 14.4 Å². The third kappa shape index (κ3) is 4.29. The van der Waals surface area contributed by atoms with Gasteiger partial charge in [-0.05, 0) is 35.4 Å². The fraction of sp³-hybridized carbons (Fsp3) is 0.167. The van der Waals surface area contributed by atoms with Gasteiger partial charge in [0.25, 0.3) is 11.5 Å². The summed E-state index contributed by atoms with van der Waals surface area (Å²) in [5.74, 6) is 0.340. The zero-order valence-electron chi connectivity index (χ0n) is 17.7. The van der Waals surface area contributed by atoms with E-state index in [4.69, 9.17) is 4.74 Å². The number of pyridine rings is 1. The molecular formula is C24H22N4O4. The molecule has 0 aliphatic carbocycles. The summed E-state index contributed by atoms with van der Waals surface area (Å²) >= 11 is 0. The first-order chi connectivity index (χ1) is 15.4. The summed E-state index contributed by atoms with van der Waals surface area (Å²) in [5, 5.41) is 3.08. The van der Waals surface area contributed by atoms with Crippen molar-refractivity contribution in [2.24, 2.45) is 14.1 Å². The van der Waals surface area contributed by atoms with E-state index in [0.717, 1.165) is 21.4 Å². The lowest BCUT2D eigenvalue weighted by molar-refractivity contribution is 0.0946. The molecule has 2 heterocycles. The van der Waals surface area contributed by atoms with Crippen LogP contribution in [-0.2, 0) is 27.2 Å². The molecular weight excluding hydrogens is 408 g/mol. The van der Waals surface area contributed by atoms with Crippen LogP contribution < -0.4 is 21.3 Å². The predicted octanol–water partition coefficient (Wildman–Crippen LogP) is 2.14. The molecule has 0 bridgehead atoms. The number of hydrogen-bond acceptors (Lipinski definition) is 5. The van der Waals surface area contributed by atoms with Crippen LogP contribution in [-0.4, -0.2) is 20.0 Å². The third-order valence-corrected chi connectivity index (χ3v) is 5.16. The number of aromatic nitrogens is 3. The Hall–Kier alpha value is -4.20. The summed E-state index contributed by atoms with van der Waals surface area (Å²) in [5.41, 5.74) is 1.34. The van der Waals surface area contributed by atoms with Gasteiger partial charge < -0.3 is 10.1 Å². The first-order valence-electron chi connectivity index (χ1n) is 10.0. The van der Waals surface area contributed by atoms with Crippen LogP contribution in [0.25, 0.3) is 11.0 Å². The number of amides is 1. The van der Waals surface area contributed by atoms with Crippen molar-refractivity contribution in [1.29, 1.82) is 0 Å². The fourth-order valence-electron chi connectivity index (χ4n) is 3.30. The smallest absolute Gasteiger partial charge is 0.332 e. The highest BCUT2D eigenvalue weighted by Gasteiger charge is 2.13. The lowest BCUT2D eigenvalue weighted by Gasteiger charge is -2.10. The van der Waals surface area contributed by atoms with Gasteiger partial charge in [0.1, 0.15) is 23.7 Å². The van der Waals surface area contributed by atoms with Crippen molar-refractivity contribution in [3.8, 4) is 5.75 Å². The summed E-state index contributed by atoms with van der Waals surface area (Å²) in [6, 6.07) is 20.3. The molecule has 1 N–H and O–H groups in total. The number of rotatable bonds is 6. The molecule has 4 aromatic rings. The van der Waals surface area contributed by atoms with Gasteiger partial charge in [-0.3, -0.25) is 18.7 Å². The van der Waals surface area contributed by atoms with Gasteiger partial charge in [0.05, 0.1) is 5.39 Å². The topological polar surface area (TPSA) is 95.2 Å². The third-order valence-electron chi connectivity index (χ3n) is 5.16. The van der Waals surface area contributed by atoms with Gasteiger partial charge in [-0.2, -0.15) is 0 Å². The molecule has 8 nitrogen and oxygen atoms in total. The average Bonchev–Trinajstić information content (AvgIpc) is 2.84. The van der Waals surface area contributed by atoms with E-state index in [1.165, 1.54) is 30.8 Å². The van der Waals surface area contributed by atoms with Crippen molar-refractivity contribution < 1.29 is 9.53 Å². The van der Waals surface area contributed by atoms with Crippen LogP contribution >= 0.6 is 0 Å². The first kappa shape index (κ1) is 21.0. The Balaban J connectivity index is 1.42.